The van der Waals surface area contributed by atoms with Crippen molar-refractivity contribution in [1.82, 2.24) is 4.90 Å². The molecule has 0 aliphatic carbocycles. The Morgan fingerprint density at radius 3 is 2.60 bits per heavy atom. The van der Waals surface area contributed by atoms with E-state index in [0.29, 0.717) is 24.1 Å². The number of benzene rings is 1. The predicted octanol–water partition coefficient (Wildman–Crippen LogP) is 2.66. The zero-order valence-electron chi connectivity index (χ0n) is 15.0. The fourth-order valence-corrected chi connectivity index (χ4v) is 5.89. The SMILES string of the molecule is CCOC(=O)[C@@]1(CC)C[C@H]2CC[C@@H]1N2CCS(=O)(=O)c1ccccc1. The number of ether oxygens (including phenoxy) is 1. The zero-order valence-corrected chi connectivity index (χ0v) is 15.8. The van der Waals surface area contributed by atoms with E-state index in [1.165, 1.54) is 0 Å². The van der Waals surface area contributed by atoms with Crippen LogP contribution in [0.1, 0.15) is 39.5 Å². The molecule has 2 fully saturated rings. The highest BCUT2D eigenvalue weighted by Gasteiger charge is 2.59. The van der Waals surface area contributed by atoms with Crippen molar-refractivity contribution in [3.05, 3.63) is 30.3 Å². The van der Waals surface area contributed by atoms with E-state index in [4.69, 9.17) is 4.74 Å². The average molecular weight is 365 g/mol. The van der Waals surface area contributed by atoms with Crippen molar-refractivity contribution in [2.45, 2.75) is 56.5 Å². The molecule has 2 aliphatic rings. The van der Waals surface area contributed by atoms with Gasteiger partial charge in [0.15, 0.2) is 9.84 Å². The normalized spacial score (nSPS) is 29.0. The molecule has 1 aromatic rings. The molecule has 5 nitrogen and oxygen atoms in total. The fraction of sp³-hybridized carbons (Fsp3) is 0.632. The van der Waals surface area contributed by atoms with E-state index >= 15 is 0 Å². The molecule has 0 unspecified atom stereocenters. The molecule has 6 heteroatoms. The summed E-state index contributed by atoms with van der Waals surface area (Å²) in [6, 6.07) is 8.98. The smallest absolute Gasteiger partial charge is 0.313 e. The summed E-state index contributed by atoms with van der Waals surface area (Å²) in [4.78, 5) is 15.2. The first kappa shape index (κ1) is 18.4. The summed E-state index contributed by atoms with van der Waals surface area (Å²) in [5.41, 5.74) is -0.463. The Kier molecular flexibility index (Phi) is 5.21. The molecule has 25 heavy (non-hydrogen) atoms. The number of nitrogens with zero attached hydrogens (tertiary/aromatic N) is 1. The maximum Gasteiger partial charge on any atom is 0.313 e. The summed E-state index contributed by atoms with van der Waals surface area (Å²) in [6.07, 6.45) is 3.52. The number of carbonyl (C=O) groups is 1. The number of rotatable bonds is 7. The monoisotopic (exact) mass is 365 g/mol. The van der Waals surface area contributed by atoms with E-state index in [1.54, 1.807) is 24.3 Å². The second-order valence-electron chi connectivity index (χ2n) is 7.05. The molecule has 3 atom stereocenters. The van der Waals surface area contributed by atoms with Gasteiger partial charge in [-0.3, -0.25) is 9.69 Å². The Morgan fingerprint density at radius 2 is 1.96 bits per heavy atom. The van der Waals surface area contributed by atoms with Crippen molar-refractivity contribution in [3.8, 4) is 0 Å². The van der Waals surface area contributed by atoms with E-state index in [1.807, 2.05) is 19.9 Å². The molecule has 0 amide bonds. The molecule has 0 saturated carbocycles. The zero-order chi connectivity index (χ0) is 18.1. The minimum Gasteiger partial charge on any atom is -0.466 e. The molecule has 0 aromatic heterocycles. The minimum absolute atomic E-state index is 0.0899. The average Bonchev–Trinajstić information content (AvgIpc) is 3.16. The van der Waals surface area contributed by atoms with Gasteiger partial charge in [-0.1, -0.05) is 25.1 Å². The summed E-state index contributed by atoms with van der Waals surface area (Å²) >= 11 is 0. The number of sulfone groups is 1. The van der Waals surface area contributed by atoms with E-state index < -0.39 is 15.3 Å². The van der Waals surface area contributed by atoms with Crippen molar-refractivity contribution >= 4 is 15.8 Å². The van der Waals surface area contributed by atoms with Crippen LogP contribution in [0, 0.1) is 5.41 Å². The van der Waals surface area contributed by atoms with E-state index in [-0.39, 0.29) is 17.8 Å². The van der Waals surface area contributed by atoms with E-state index in [9.17, 15) is 13.2 Å². The van der Waals surface area contributed by atoms with Crippen LogP contribution in [0.3, 0.4) is 0 Å². The van der Waals surface area contributed by atoms with Crippen LogP contribution in [-0.2, 0) is 19.4 Å². The van der Waals surface area contributed by atoms with Gasteiger partial charge in [-0.25, -0.2) is 8.42 Å². The molecule has 2 bridgehead atoms. The molecular formula is C19H27NO4S. The van der Waals surface area contributed by atoms with E-state index in [2.05, 4.69) is 4.90 Å². The molecular weight excluding hydrogens is 338 g/mol. The van der Waals surface area contributed by atoms with Crippen molar-refractivity contribution in [2.24, 2.45) is 5.41 Å². The molecule has 0 N–H and O–H groups in total. The van der Waals surface area contributed by atoms with Crippen LogP contribution >= 0.6 is 0 Å². The lowest BCUT2D eigenvalue weighted by Crippen LogP contribution is -2.44. The predicted molar refractivity (Wildman–Crippen MR) is 96.0 cm³/mol. The quantitative estimate of drug-likeness (QED) is 0.695. The molecule has 2 saturated heterocycles. The Bertz CT molecular complexity index is 718. The summed E-state index contributed by atoms with van der Waals surface area (Å²) in [5, 5.41) is 0. The van der Waals surface area contributed by atoms with Gasteiger partial charge in [0.05, 0.1) is 22.7 Å². The van der Waals surface area contributed by atoms with E-state index in [0.717, 1.165) is 25.7 Å². The van der Waals surface area contributed by atoms with Gasteiger partial charge >= 0.3 is 5.97 Å². The summed E-state index contributed by atoms with van der Waals surface area (Å²) in [6.45, 7) is 4.74. The maximum absolute atomic E-state index is 12.6. The lowest BCUT2D eigenvalue weighted by atomic mass is 9.72. The van der Waals surface area contributed by atoms with Crippen molar-refractivity contribution in [2.75, 3.05) is 18.9 Å². The van der Waals surface area contributed by atoms with Gasteiger partial charge in [-0.15, -0.1) is 0 Å². The van der Waals surface area contributed by atoms with Gasteiger partial charge in [0.25, 0.3) is 0 Å². The minimum atomic E-state index is -3.30. The van der Waals surface area contributed by atoms with Gasteiger partial charge in [-0.2, -0.15) is 0 Å². The molecule has 1 aromatic carbocycles. The molecule has 138 valence electrons. The van der Waals surface area contributed by atoms with Crippen LogP contribution in [0.2, 0.25) is 0 Å². The molecule has 0 spiro atoms. The molecule has 0 radical (unpaired) electrons. The summed E-state index contributed by atoms with van der Waals surface area (Å²) in [5.74, 6) is -0.0206. The number of esters is 1. The Hall–Kier alpha value is -1.40. The van der Waals surface area contributed by atoms with Crippen LogP contribution < -0.4 is 0 Å². The van der Waals surface area contributed by atoms with Gasteiger partial charge < -0.3 is 4.74 Å². The van der Waals surface area contributed by atoms with Gasteiger partial charge in [0.1, 0.15) is 0 Å². The highest BCUT2D eigenvalue weighted by molar-refractivity contribution is 7.91. The second-order valence-corrected chi connectivity index (χ2v) is 9.16. The first-order valence-electron chi connectivity index (χ1n) is 9.15. The van der Waals surface area contributed by atoms with Crippen LogP contribution in [-0.4, -0.2) is 50.3 Å². The third kappa shape index (κ3) is 3.22. The van der Waals surface area contributed by atoms with Gasteiger partial charge in [0, 0.05) is 18.6 Å². The van der Waals surface area contributed by atoms with Gasteiger partial charge in [-0.05, 0) is 44.7 Å². The maximum atomic E-state index is 12.6. The number of fused-ring (bicyclic) bond motifs is 2. The first-order chi connectivity index (χ1) is 11.9. The van der Waals surface area contributed by atoms with Crippen LogP contribution in [0.5, 0.6) is 0 Å². The third-order valence-electron chi connectivity index (χ3n) is 5.91. The first-order valence-corrected chi connectivity index (χ1v) is 10.8. The standard InChI is InChI=1S/C19H27NO4S/c1-3-19(18(21)24-4-2)14-15-10-11-17(19)20(15)12-13-25(22,23)16-8-6-5-7-9-16/h5-9,15,17H,3-4,10-14H2,1-2H3/t15-,17+,19+/m1/s1. The van der Waals surface area contributed by atoms with Crippen molar-refractivity contribution in [1.29, 1.82) is 0 Å². The lowest BCUT2D eigenvalue weighted by Gasteiger charge is -2.34. The molecule has 2 aliphatic heterocycles. The van der Waals surface area contributed by atoms with Crippen LogP contribution in [0.25, 0.3) is 0 Å². The highest BCUT2D eigenvalue weighted by atomic mass is 32.2. The largest absolute Gasteiger partial charge is 0.466 e. The van der Waals surface area contributed by atoms with Gasteiger partial charge in [0.2, 0.25) is 0 Å². The molecule has 2 heterocycles. The number of hydrogen-bond donors (Lipinski definition) is 0. The highest BCUT2D eigenvalue weighted by Crippen LogP contribution is 2.52. The van der Waals surface area contributed by atoms with Crippen molar-refractivity contribution in [3.63, 3.8) is 0 Å². The fourth-order valence-electron chi connectivity index (χ4n) is 4.63. The number of carbonyl (C=O) groups excluding carboxylic acids is 1. The summed E-state index contributed by atoms with van der Waals surface area (Å²) < 4.78 is 30.5. The Balaban J connectivity index is 1.73. The Morgan fingerprint density at radius 1 is 1.24 bits per heavy atom. The lowest BCUT2D eigenvalue weighted by molar-refractivity contribution is -0.157. The summed E-state index contributed by atoms with van der Waals surface area (Å²) in [7, 11) is -3.30. The third-order valence-corrected chi connectivity index (χ3v) is 7.62. The second kappa shape index (κ2) is 7.08. The molecule has 3 rings (SSSR count). The number of hydrogen-bond acceptors (Lipinski definition) is 5. The Labute approximate surface area is 150 Å². The van der Waals surface area contributed by atoms with Crippen LogP contribution in [0.4, 0.5) is 0 Å². The topological polar surface area (TPSA) is 63.7 Å². The van der Waals surface area contributed by atoms with Crippen LogP contribution in [0.15, 0.2) is 35.2 Å². The van der Waals surface area contributed by atoms with Crippen molar-refractivity contribution < 1.29 is 17.9 Å².